The van der Waals surface area contributed by atoms with Gasteiger partial charge in [-0.25, -0.2) is 9.78 Å². The lowest BCUT2D eigenvalue weighted by Crippen LogP contribution is -2.30. The Kier molecular flexibility index (Phi) is 4.01. The van der Waals surface area contributed by atoms with Crippen LogP contribution in [0.1, 0.15) is 25.9 Å². The Bertz CT molecular complexity index is 975. The molecule has 0 spiro atoms. The molecule has 3 heterocycles. The third-order valence-corrected chi connectivity index (χ3v) is 4.78. The largest absolute Gasteiger partial charge is 0.381 e. The number of anilines is 2. The molecule has 1 saturated heterocycles. The van der Waals surface area contributed by atoms with Crippen molar-refractivity contribution in [2.45, 2.75) is 25.8 Å². The first-order chi connectivity index (χ1) is 12.1. The maximum Gasteiger partial charge on any atom is 0.330 e. The summed E-state index contributed by atoms with van der Waals surface area (Å²) in [5.41, 5.74) is 3.43. The van der Waals surface area contributed by atoms with Crippen molar-refractivity contribution in [3.8, 4) is 0 Å². The van der Waals surface area contributed by atoms with E-state index >= 15 is 0 Å². The molecule has 1 fully saturated rings. The molecule has 1 aliphatic heterocycles. The molecule has 0 amide bonds. The van der Waals surface area contributed by atoms with Crippen LogP contribution in [0.15, 0.2) is 35.3 Å². The second kappa shape index (κ2) is 6.33. The molecular formula is C18H23N5O2. The lowest BCUT2D eigenvalue weighted by molar-refractivity contribution is 0.0695. The van der Waals surface area contributed by atoms with E-state index in [4.69, 9.17) is 4.74 Å². The van der Waals surface area contributed by atoms with E-state index in [0.29, 0.717) is 24.8 Å². The Hall–Kier alpha value is -2.67. The first-order valence-electron chi connectivity index (χ1n) is 8.49. The minimum atomic E-state index is -0.0516. The number of fused-ring (bicyclic) bond motifs is 1. The van der Waals surface area contributed by atoms with Crippen LogP contribution in [0.3, 0.4) is 0 Å². The Morgan fingerprint density at radius 1 is 1.28 bits per heavy atom. The third kappa shape index (κ3) is 2.80. The van der Waals surface area contributed by atoms with Crippen LogP contribution < -0.4 is 11.0 Å². The fourth-order valence-electron chi connectivity index (χ4n) is 3.30. The number of rotatable bonds is 3. The number of hydrogen-bond acceptors (Lipinski definition) is 5. The average Bonchev–Trinajstić information content (AvgIpc) is 2.88. The van der Waals surface area contributed by atoms with Gasteiger partial charge in [0.2, 0.25) is 5.95 Å². The SMILES string of the molecule is Cc1ccccc1Nc1ncc2c(n1)n(C1CCOCC1)c(=O)n2C.[HH]. The van der Waals surface area contributed by atoms with Crippen molar-refractivity contribution in [2.75, 3.05) is 18.5 Å². The van der Waals surface area contributed by atoms with E-state index in [0.717, 1.165) is 29.6 Å². The number of benzene rings is 1. The molecule has 0 aliphatic carbocycles. The van der Waals surface area contributed by atoms with Crippen molar-refractivity contribution < 1.29 is 6.16 Å². The lowest BCUT2D eigenvalue weighted by Gasteiger charge is -2.22. The maximum absolute atomic E-state index is 12.7. The predicted octanol–water partition coefficient (Wildman–Crippen LogP) is 2.78. The smallest absolute Gasteiger partial charge is 0.330 e. The summed E-state index contributed by atoms with van der Waals surface area (Å²) in [6.45, 7) is 3.38. The highest BCUT2D eigenvalue weighted by Gasteiger charge is 2.23. The van der Waals surface area contributed by atoms with Crippen LogP contribution in [-0.2, 0) is 11.8 Å². The molecule has 132 valence electrons. The van der Waals surface area contributed by atoms with E-state index in [-0.39, 0.29) is 13.2 Å². The molecule has 7 nitrogen and oxygen atoms in total. The van der Waals surface area contributed by atoms with E-state index in [1.807, 2.05) is 31.2 Å². The van der Waals surface area contributed by atoms with Crippen molar-refractivity contribution in [2.24, 2.45) is 7.05 Å². The van der Waals surface area contributed by atoms with Gasteiger partial charge in [-0.15, -0.1) is 0 Å². The van der Waals surface area contributed by atoms with Crippen molar-refractivity contribution in [3.05, 3.63) is 46.5 Å². The molecule has 1 aromatic carbocycles. The summed E-state index contributed by atoms with van der Waals surface area (Å²) in [5.74, 6) is 0.494. The molecule has 4 rings (SSSR count). The summed E-state index contributed by atoms with van der Waals surface area (Å²) in [6.07, 6.45) is 3.35. The van der Waals surface area contributed by atoms with Gasteiger partial charge < -0.3 is 10.1 Å². The highest BCUT2D eigenvalue weighted by atomic mass is 16.5. The van der Waals surface area contributed by atoms with Gasteiger partial charge in [0, 0.05) is 33.4 Å². The second-order valence-electron chi connectivity index (χ2n) is 6.40. The van der Waals surface area contributed by atoms with Crippen LogP contribution in [0, 0.1) is 6.92 Å². The molecule has 2 aromatic heterocycles. The molecule has 0 unspecified atom stereocenters. The van der Waals surface area contributed by atoms with Crippen LogP contribution in [0.25, 0.3) is 11.2 Å². The number of ether oxygens (including phenoxy) is 1. The zero-order chi connectivity index (χ0) is 17.4. The van der Waals surface area contributed by atoms with Gasteiger partial charge in [-0.2, -0.15) is 4.98 Å². The number of aromatic nitrogens is 4. The number of hydrogen-bond donors (Lipinski definition) is 1. The minimum absolute atomic E-state index is 0. The van der Waals surface area contributed by atoms with Crippen LogP contribution in [0.5, 0.6) is 0 Å². The summed E-state index contributed by atoms with van der Waals surface area (Å²) in [6, 6.07) is 8.09. The molecule has 0 atom stereocenters. The normalized spacial score (nSPS) is 15.6. The fraction of sp³-hybridized carbons (Fsp3) is 0.389. The van der Waals surface area contributed by atoms with Gasteiger partial charge in [0.15, 0.2) is 5.65 Å². The zero-order valence-corrected chi connectivity index (χ0v) is 14.4. The number of aryl methyl sites for hydroxylation is 2. The highest BCUT2D eigenvalue weighted by molar-refractivity contribution is 5.73. The zero-order valence-electron chi connectivity index (χ0n) is 14.4. The molecule has 3 aromatic rings. The maximum atomic E-state index is 12.7. The van der Waals surface area contributed by atoms with E-state index < -0.39 is 0 Å². The quantitative estimate of drug-likeness (QED) is 0.793. The lowest BCUT2D eigenvalue weighted by atomic mass is 10.1. The van der Waals surface area contributed by atoms with Gasteiger partial charge in [0.05, 0.1) is 6.20 Å². The first kappa shape index (κ1) is 15.8. The fourth-order valence-corrected chi connectivity index (χ4v) is 3.30. The summed E-state index contributed by atoms with van der Waals surface area (Å²) >= 11 is 0. The number of nitrogens with zero attached hydrogens (tertiary/aromatic N) is 4. The van der Waals surface area contributed by atoms with E-state index in [1.54, 1.807) is 22.4 Å². The van der Waals surface area contributed by atoms with E-state index in [1.165, 1.54) is 0 Å². The van der Waals surface area contributed by atoms with Gasteiger partial charge in [-0.3, -0.25) is 9.13 Å². The molecule has 0 saturated carbocycles. The summed E-state index contributed by atoms with van der Waals surface area (Å²) in [7, 11) is 1.76. The minimum Gasteiger partial charge on any atom is -0.381 e. The molecular weight excluding hydrogens is 318 g/mol. The second-order valence-corrected chi connectivity index (χ2v) is 6.40. The average molecular weight is 341 g/mol. The van der Waals surface area contributed by atoms with Gasteiger partial charge in [-0.05, 0) is 31.4 Å². The van der Waals surface area contributed by atoms with Gasteiger partial charge in [-0.1, -0.05) is 18.2 Å². The summed E-state index contributed by atoms with van der Waals surface area (Å²) in [4.78, 5) is 21.7. The van der Waals surface area contributed by atoms with Gasteiger partial charge >= 0.3 is 5.69 Å². The van der Waals surface area contributed by atoms with E-state index in [9.17, 15) is 4.79 Å². The Labute approximate surface area is 146 Å². The Morgan fingerprint density at radius 2 is 2.04 bits per heavy atom. The molecule has 25 heavy (non-hydrogen) atoms. The van der Waals surface area contributed by atoms with Crippen molar-refractivity contribution in [1.82, 2.24) is 19.1 Å². The molecule has 1 N–H and O–H groups in total. The molecule has 0 bridgehead atoms. The van der Waals surface area contributed by atoms with E-state index in [2.05, 4.69) is 15.3 Å². The van der Waals surface area contributed by atoms with Gasteiger partial charge in [0.1, 0.15) is 5.52 Å². The summed E-state index contributed by atoms with van der Waals surface area (Å²) < 4.78 is 8.84. The van der Waals surface area contributed by atoms with Crippen molar-refractivity contribution >= 4 is 22.8 Å². The van der Waals surface area contributed by atoms with Gasteiger partial charge in [0.25, 0.3) is 0 Å². The predicted molar refractivity (Wildman–Crippen MR) is 98.4 cm³/mol. The topological polar surface area (TPSA) is 74.0 Å². The molecule has 0 radical (unpaired) electrons. The monoisotopic (exact) mass is 341 g/mol. The highest BCUT2D eigenvalue weighted by Crippen LogP contribution is 2.24. The first-order valence-corrected chi connectivity index (χ1v) is 8.49. The van der Waals surface area contributed by atoms with Crippen LogP contribution >= 0.6 is 0 Å². The third-order valence-electron chi connectivity index (χ3n) is 4.78. The number of para-hydroxylation sites is 1. The standard InChI is InChI=1S/C18H21N5O2.H2/c1-12-5-3-4-6-14(12)20-17-19-11-15-16(21-17)23(18(24)22(15)2)13-7-9-25-10-8-13;/h3-6,11,13H,7-10H2,1-2H3,(H,19,20,21);1H. The Balaban J connectivity index is 0.00000196. The van der Waals surface area contributed by atoms with Crippen LogP contribution in [0.4, 0.5) is 11.6 Å². The summed E-state index contributed by atoms with van der Waals surface area (Å²) in [5, 5.41) is 3.25. The van der Waals surface area contributed by atoms with Crippen molar-refractivity contribution in [3.63, 3.8) is 0 Å². The van der Waals surface area contributed by atoms with Crippen LogP contribution in [0.2, 0.25) is 0 Å². The number of nitrogens with one attached hydrogen (secondary N) is 1. The molecule has 1 aliphatic rings. The van der Waals surface area contributed by atoms with Crippen molar-refractivity contribution in [1.29, 1.82) is 0 Å². The molecule has 7 heteroatoms. The van der Waals surface area contributed by atoms with Crippen LogP contribution in [-0.4, -0.2) is 32.3 Å². The number of imidazole rings is 1. The Morgan fingerprint density at radius 3 is 2.80 bits per heavy atom.